The first-order valence-corrected chi connectivity index (χ1v) is 10.5. The second-order valence-electron chi connectivity index (χ2n) is 8.83. The number of benzene rings is 1. The molecule has 1 aromatic carbocycles. The lowest BCUT2D eigenvalue weighted by molar-refractivity contribution is -0.130. The van der Waals surface area contributed by atoms with E-state index in [-0.39, 0.29) is 25.5 Å². The molecule has 0 bridgehead atoms. The molecule has 1 atom stereocenters. The van der Waals surface area contributed by atoms with Gasteiger partial charge >= 0.3 is 6.03 Å². The zero-order valence-corrected chi connectivity index (χ0v) is 17.9. The number of ketones is 1. The van der Waals surface area contributed by atoms with E-state index in [9.17, 15) is 14.4 Å². The smallest absolute Gasteiger partial charge is 0.325 e. The van der Waals surface area contributed by atoms with Gasteiger partial charge in [0.2, 0.25) is 6.79 Å². The van der Waals surface area contributed by atoms with Crippen molar-refractivity contribution in [1.29, 1.82) is 0 Å². The van der Waals surface area contributed by atoms with Crippen molar-refractivity contribution in [1.82, 2.24) is 14.8 Å². The lowest BCUT2D eigenvalue weighted by atomic mass is 9.92. The average molecular weight is 423 g/mol. The molecule has 1 saturated heterocycles. The summed E-state index contributed by atoms with van der Waals surface area (Å²) in [6.07, 6.45) is 2.53. The maximum atomic E-state index is 13.1. The Morgan fingerprint density at radius 3 is 2.65 bits per heavy atom. The molecule has 8 heteroatoms. The molecule has 3 amide bonds. The third kappa shape index (κ3) is 3.26. The van der Waals surface area contributed by atoms with E-state index in [0.29, 0.717) is 23.1 Å². The molecule has 0 radical (unpaired) electrons. The van der Waals surface area contributed by atoms with Gasteiger partial charge in [0.25, 0.3) is 5.91 Å². The molecule has 0 unspecified atom stereocenters. The highest BCUT2D eigenvalue weighted by molar-refractivity contribution is 6.11. The number of ether oxygens (including phenoxy) is 2. The van der Waals surface area contributed by atoms with Crippen LogP contribution in [0.1, 0.15) is 53.1 Å². The maximum absolute atomic E-state index is 13.1. The molecule has 1 aliphatic carbocycles. The normalized spacial score (nSPS) is 22.2. The minimum absolute atomic E-state index is 0.170. The molecule has 1 aromatic heterocycles. The first-order valence-electron chi connectivity index (χ1n) is 10.5. The molecule has 8 nitrogen and oxygen atoms in total. The highest BCUT2D eigenvalue weighted by Gasteiger charge is 2.48. The molecular formula is C23H25N3O5. The van der Waals surface area contributed by atoms with Gasteiger partial charge < -0.3 is 19.4 Å². The number of nitrogens with one attached hydrogen (secondary N) is 1. The standard InChI is InChI=1S/C23H25N3O5/c1-13-8-17(14(2)26(13)16-5-6-16)18(27)11-25-21(28)23(3,24-22(25)29)10-15-4-7-19-20(9-15)31-12-30-19/h4,7-9,16H,5-6,10-12H2,1-3H3,(H,24,29)/t23-/m1/s1. The number of hydrogen-bond donors (Lipinski definition) is 1. The van der Waals surface area contributed by atoms with Crippen LogP contribution >= 0.6 is 0 Å². The molecule has 1 N–H and O–H groups in total. The summed E-state index contributed by atoms with van der Waals surface area (Å²) in [6.45, 7) is 5.49. The topological polar surface area (TPSA) is 89.9 Å². The molecule has 162 valence electrons. The second kappa shape index (κ2) is 6.87. The number of nitrogens with zero attached hydrogens (tertiary/aromatic N) is 2. The maximum Gasteiger partial charge on any atom is 0.325 e. The van der Waals surface area contributed by atoms with Gasteiger partial charge in [0.05, 0.1) is 6.54 Å². The van der Waals surface area contributed by atoms with Gasteiger partial charge in [-0.05, 0) is 57.4 Å². The largest absolute Gasteiger partial charge is 0.454 e. The number of fused-ring (bicyclic) bond motifs is 1. The fraction of sp³-hybridized carbons (Fsp3) is 0.435. The van der Waals surface area contributed by atoms with E-state index in [1.54, 1.807) is 13.0 Å². The van der Waals surface area contributed by atoms with Crippen LogP contribution in [0.4, 0.5) is 4.79 Å². The highest BCUT2D eigenvalue weighted by atomic mass is 16.7. The van der Waals surface area contributed by atoms with Gasteiger partial charge in [0.15, 0.2) is 17.3 Å². The Morgan fingerprint density at radius 2 is 1.90 bits per heavy atom. The van der Waals surface area contributed by atoms with Crippen molar-refractivity contribution in [3.05, 3.63) is 46.8 Å². The summed E-state index contributed by atoms with van der Waals surface area (Å²) in [5.74, 6) is 0.651. The van der Waals surface area contributed by atoms with Crippen LogP contribution in [0.3, 0.4) is 0 Å². The molecule has 2 aliphatic heterocycles. The van der Waals surface area contributed by atoms with E-state index in [1.165, 1.54) is 0 Å². The van der Waals surface area contributed by atoms with Crippen molar-refractivity contribution in [2.24, 2.45) is 0 Å². The number of imide groups is 1. The molecule has 31 heavy (non-hydrogen) atoms. The van der Waals surface area contributed by atoms with E-state index in [4.69, 9.17) is 9.47 Å². The number of amides is 3. The number of Topliss-reactive ketones (excluding diaryl/α,β-unsaturated/α-hetero) is 1. The summed E-state index contributed by atoms with van der Waals surface area (Å²) in [5, 5.41) is 2.77. The van der Waals surface area contributed by atoms with E-state index in [1.807, 2.05) is 32.0 Å². The summed E-state index contributed by atoms with van der Waals surface area (Å²) in [6, 6.07) is 7.23. The first kappa shape index (κ1) is 19.7. The van der Waals surface area contributed by atoms with Crippen LogP contribution in [-0.4, -0.2) is 46.1 Å². The summed E-state index contributed by atoms with van der Waals surface area (Å²) < 4.78 is 12.9. The van der Waals surface area contributed by atoms with Gasteiger partial charge in [-0.2, -0.15) is 0 Å². The van der Waals surface area contributed by atoms with Gasteiger partial charge in [-0.25, -0.2) is 4.79 Å². The van der Waals surface area contributed by atoms with Crippen LogP contribution in [-0.2, 0) is 11.2 Å². The first-order chi connectivity index (χ1) is 14.8. The van der Waals surface area contributed by atoms with Crippen molar-refractivity contribution in [3.63, 3.8) is 0 Å². The highest BCUT2D eigenvalue weighted by Crippen LogP contribution is 2.38. The number of carbonyl (C=O) groups excluding carboxylic acids is 3. The van der Waals surface area contributed by atoms with Crippen LogP contribution in [0.15, 0.2) is 24.3 Å². The molecule has 1 saturated carbocycles. The summed E-state index contributed by atoms with van der Waals surface area (Å²) in [7, 11) is 0. The monoisotopic (exact) mass is 423 g/mol. The van der Waals surface area contributed by atoms with Gasteiger partial charge in [-0.3, -0.25) is 14.5 Å². The third-order valence-electron chi connectivity index (χ3n) is 6.34. The summed E-state index contributed by atoms with van der Waals surface area (Å²) >= 11 is 0. The van der Waals surface area contributed by atoms with Crippen LogP contribution in [0.2, 0.25) is 0 Å². The molecule has 2 aromatic rings. The SMILES string of the molecule is Cc1cc(C(=O)CN2C(=O)N[C@](C)(Cc3ccc4c(c3)OCO4)C2=O)c(C)n1C1CC1. The second-order valence-corrected chi connectivity index (χ2v) is 8.83. The van der Waals surface area contributed by atoms with E-state index >= 15 is 0 Å². The molecule has 3 heterocycles. The number of carbonyl (C=O) groups is 3. The number of rotatable bonds is 6. The molecule has 3 aliphatic rings. The molecule has 5 rings (SSSR count). The Balaban J connectivity index is 1.33. The van der Waals surface area contributed by atoms with Crippen LogP contribution < -0.4 is 14.8 Å². The van der Waals surface area contributed by atoms with Gasteiger partial charge in [-0.1, -0.05) is 6.07 Å². The lowest BCUT2D eigenvalue weighted by Gasteiger charge is -2.21. The van der Waals surface area contributed by atoms with Crippen molar-refractivity contribution >= 4 is 17.7 Å². The Kier molecular flexibility index (Phi) is 4.35. The molecule has 2 fully saturated rings. The molecule has 0 spiro atoms. The minimum Gasteiger partial charge on any atom is -0.454 e. The van der Waals surface area contributed by atoms with Crippen molar-refractivity contribution < 1.29 is 23.9 Å². The van der Waals surface area contributed by atoms with Crippen molar-refractivity contribution in [3.8, 4) is 11.5 Å². The van der Waals surface area contributed by atoms with E-state index in [0.717, 1.165) is 34.7 Å². The Morgan fingerprint density at radius 1 is 1.16 bits per heavy atom. The number of hydrogen-bond acceptors (Lipinski definition) is 5. The number of aryl methyl sites for hydroxylation is 1. The van der Waals surface area contributed by atoms with Crippen molar-refractivity contribution in [2.45, 2.75) is 51.6 Å². The molecular weight excluding hydrogens is 398 g/mol. The van der Waals surface area contributed by atoms with E-state index < -0.39 is 17.5 Å². The predicted octanol–water partition coefficient (Wildman–Crippen LogP) is 2.90. The summed E-state index contributed by atoms with van der Waals surface area (Å²) in [4.78, 5) is 39.8. The van der Waals surface area contributed by atoms with Crippen LogP contribution in [0.25, 0.3) is 0 Å². The quantitative estimate of drug-likeness (QED) is 0.570. The minimum atomic E-state index is -1.13. The Hall–Kier alpha value is -3.29. The lowest BCUT2D eigenvalue weighted by Crippen LogP contribution is -2.46. The van der Waals surface area contributed by atoms with Crippen molar-refractivity contribution in [2.75, 3.05) is 13.3 Å². The number of aromatic nitrogens is 1. The average Bonchev–Trinajstić information content (AvgIpc) is 3.29. The zero-order valence-electron chi connectivity index (χ0n) is 17.9. The van der Waals surface area contributed by atoms with Crippen LogP contribution in [0, 0.1) is 13.8 Å². The Bertz CT molecular complexity index is 1120. The third-order valence-corrected chi connectivity index (χ3v) is 6.34. The zero-order chi connectivity index (χ0) is 21.9. The predicted molar refractivity (Wildman–Crippen MR) is 111 cm³/mol. The van der Waals surface area contributed by atoms with E-state index in [2.05, 4.69) is 9.88 Å². The Labute approximate surface area is 180 Å². The fourth-order valence-corrected chi connectivity index (χ4v) is 4.65. The van der Waals surface area contributed by atoms with Gasteiger partial charge in [0.1, 0.15) is 5.54 Å². The summed E-state index contributed by atoms with van der Waals surface area (Å²) in [5.41, 5.74) is 2.22. The number of urea groups is 1. The van der Waals surface area contributed by atoms with Gasteiger partial charge in [-0.15, -0.1) is 0 Å². The fourth-order valence-electron chi connectivity index (χ4n) is 4.65. The van der Waals surface area contributed by atoms with Gasteiger partial charge in [0, 0.05) is 29.4 Å². The van der Waals surface area contributed by atoms with Crippen LogP contribution in [0.5, 0.6) is 11.5 Å².